The molecule has 3 heteroatoms. The summed E-state index contributed by atoms with van der Waals surface area (Å²) in [4.78, 5) is 0. The summed E-state index contributed by atoms with van der Waals surface area (Å²) in [6.45, 7) is 6.13. The first-order valence-corrected chi connectivity index (χ1v) is 5.05. The Hall–Kier alpha value is -0.410. The molecule has 0 aliphatic heterocycles. The van der Waals surface area contributed by atoms with Crippen molar-refractivity contribution < 1.29 is 4.74 Å². The van der Waals surface area contributed by atoms with Crippen molar-refractivity contribution >= 4 is 28.6 Å². The molecule has 1 aromatic heterocycles. The average molecular weight is 200 g/mol. The molecule has 0 bridgehead atoms. The van der Waals surface area contributed by atoms with Crippen LogP contribution in [0.15, 0.2) is 17.5 Å². The van der Waals surface area contributed by atoms with E-state index in [1.54, 1.807) is 11.3 Å². The van der Waals surface area contributed by atoms with Gasteiger partial charge >= 0.3 is 0 Å². The van der Waals surface area contributed by atoms with Gasteiger partial charge in [-0.3, -0.25) is 0 Å². The molecule has 0 N–H and O–H groups in total. The molecule has 0 radical (unpaired) electrons. The monoisotopic (exact) mass is 200 g/mol. The summed E-state index contributed by atoms with van der Waals surface area (Å²) in [5, 5.41) is 3.49. The van der Waals surface area contributed by atoms with E-state index in [9.17, 15) is 0 Å². The average Bonchev–Trinajstić information content (AvgIpc) is 2.37. The number of thiophene rings is 1. The van der Waals surface area contributed by atoms with Crippen molar-refractivity contribution in [3.05, 3.63) is 17.5 Å². The van der Waals surface area contributed by atoms with Crippen molar-refractivity contribution in [2.24, 2.45) is 5.41 Å². The molecule has 12 heavy (non-hydrogen) atoms. The Morgan fingerprint density at radius 3 is 2.58 bits per heavy atom. The molecule has 0 fully saturated rings. The second-order valence-electron chi connectivity index (χ2n) is 3.57. The minimum atomic E-state index is -0.0562. The van der Waals surface area contributed by atoms with Crippen LogP contribution in [0.5, 0.6) is 5.06 Å². The standard InChI is InChI=1S/C9H12OS2/c1-9(2,3)8(11)10-7-5-4-6-12-7/h4-6H,1-3H3. The fourth-order valence-corrected chi connectivity index (χ4v) is 1.29. The zero-order valence-corrected chi connectivity index (χ0v) is 9.09. The third-order valence-corrected chi connectivity index (χ3v) is 2.74. The summed E-state index contributed by atoms with van der Waals surface area (Å²) in [5.41, 5.74) is -0.0562. The summed E-state index contributed by atoms with van der Waals surface area (Å²) in [6, 6.07) is 3.87. The van der Waals surface area contributed by atoms with Gasteiger partial charge in [0.15, 0.2) is 10.1 Å². The van der Waals surface area contributed by atoms with Crippen molar-refractivity contribution in [3.8, 4) is 5.06 Å². The van der Waals surface area contributed by atoms with Crippen LogP contribution in [0.4, 0.5) is 0 Å². The first-order valence-electron chi connectivity index (χ1n) is 3.76. The van der Waals surface area contributed by atoms with E-state index in [0.29, 0.717) is 5.05 Å². The highest BCUT2D eigenvalue weighted by Crippen LogP contribution is 2.24. The Balaban J connectivity index is 2.60. The predicted octanol–water partition coefficient (Wildman–Crippen LogP) is 3.50. The van der Waals surface area contributed by atoms with Crippen LogP contribution in [0.1, 0.15) is 20.8 Å². The molecule has 66 valence electrons. The molecule has 1 aromatic rings. The van der Waals surface area contributed by atoms with Crippen LogP contribution >= 0.6 is 23.6 Å². The third kappa shape index (κ3) is 2.57. The Labute approximate surface area is 82.4 Å². The van der Waals surface area contributed by atoms with Gasteiger partial charge in [0.2, 0.25) is 0 Å². The van der Waals surface area contributed by atoms with E-state index in [4.69, 9.17) is 17.0 Å². The fourth-order valence-electron chi connectivity index (χ4n) is 0.566. The number of thiocarbonyl (C=S) groups is 1. The molecular weight excluding hydrogens is 188 g/mol. The summed E-state index contributed by atoms with van der Waals surface area (Å²) >= 11 is 6.68. The van der Waals surface area contributed by atoms with Crippen molar-refractivity contribution in [1.29, 1.82) is 0 Å². The highest BCUT2D eigenvalue weighted by atomic mass is 32.1. The highest BCUT2D eigenvalue weighted by Gasteiger charge is 2.19. The number of hydrogen-bond donors (Lipinski definition) is 0. The van der Waals surface area contributed by atoms with E-state index < -0.39 is 0 Å². The Morgan fingerprint density at radius 2 is 2.17 bits per heavy atom. The number of hydrogen-bond acceptors (Lipinski definition) is 3. The lowest BCUT2D eigenvalue weighted by atomic mass is 9.98. The van der Waals surface area contributed by atoms with Crippen molar-refractivity contribution in [2.75, 3.05) is 0 Å². The van der Waals surface area contributed by atoms with Gasteiger partial charge in [-0.15, -0.1) is 11.3 Å². The van der Waals surface area contributed by atoms with E-state index >= 15 is 0 Å². The largest absolute Gasteiger partial charge is 0.439 e. The van der Waals surface area contributed by atoms with Crippen molar-refractivity contribution in [3.63, 3.8) is 0 Å². The first kappa shape index (κ1) is 9.68. The van der Waals surface area contributed by atoms with E-state index in [1.165, 1.54) is 0 Å². The fraction of sp³-hybridized carbons (Fsp3) is 0.444. The molecule has 0 aliphatic carbocycles. The SMILES string of the molecule is CC(C)(C)C(=S)Oc1cccs1. The van der Waals surface area contributed by atoms with Crippen molar-refractivity contribution in [2.45, 2.75) is 20.8 Å². The topological polar surface area (TPSA) is 9.23 Å². The van der Waals surface area contributed by atoms with Crippen LogP contribution < -0.4 is 4.74 Å². The smallest absolute Gasteiger partial charge is 0.181 e. The predicted molar refractivity (Wildman–Crippen MR) is 57.0 cm³/mol. The lowest BCUT2D eigenvalue weighted by Crippen LogP contribution is -2.23. The second kappa shape index (κ2) is 3.54. The highest BCUT2D eigenvalue weighted by molar-refractivity contribution is 7.80. The minimum absolute atomic E-state index is 0.0562. The molecule has 0 saturated heterocycles. The second-order valence-corrected chi connectivity index (χ2v) is 4.85. The summed E-state index contributed by atoms with van der Waals surface area (Å²) in [7, 11) is 0. The normalized spacial score (nSPS) is 11.2. The lowest BCUT2D eigenvalue weighted by Gasteiger charge is -2.18. The third-order valence-electron chi connectivity index (χ3n) is 1.30. The molecule has 0 unspecified atom stereocenters. The maximum Gasteiger partial charge on any atom is 0.181 e. The lowest BCUT2D eigenvalue weighted by molar-refractivity contribution is 0.457. The van der Waals surface area contributed by atoms with Crippen LogP contribution in [0.3, 0.4) is 0 Å². The quantitative estimate of drug-likeness (QED) is 0.642. The maximum atomic E-state index is 5.47. The molecular formula is C9H12OS2. The van der Waals surface area contributed by atoms with E-state index in [2.05, 4.69) is 0 Å². The van der Waals surface area contributed by atoms with E-state index in [0.717, 1.165) is 5.06 Å². The number of ether oxygens (including phenoxy) is 1. The summed E-state index contributed by atoms with van der Waals surface area (Å²) < 4.78 is 5.47. The number of rotatable bonds is 1. The van der Waals surface area contributed by atoms with Crippen LogP contribution in [0.2, 0.25) is 0 Å². The minimum Gasteiger partial charge on any atom is -0.439 e. The van der Waals surface area contributed by atoms with Crippen LogP contribution in [-0.4, -0.2) is 5.05 Å². The van der Waals surface area contributed by atoms with E-state index in [-0.39, 0.29) is 5.41 Å². The molecule has 0 spiro atoms. The van der Waals surface area contributed by atoms with Gasteiger partial charge in [-0.05, 0) is 29.7 Å². The summed E-state index contributed by atoms with van der Waals surface area (Å²) in [5.74, 6) is 0. The molecule has 1 nitrogen and oxygen atoms in total. The van der Waals surface area contributed by atoms with Gasteiger partial charge in [0.1, 0.15) is 0 Å². The zero-order chi connectivity index (χ0) is 9.19. The van der Waals surface area contributed by atoms with Gasteiger partial charge in [0.05, 0.1) is 0 Å². The zero-order valence-electron chi connectivity index (χ0n) is 7.46. The van der Waals surface area contributed by atoms with Gasteiger partial charge in [0.25, 0.3) is 0 Å². The Morgan fingerprint density at radius 1 is 1.50 bits per heavy atom. The molecule has 1 rings (SSSR count). The Kier molecular flexibility index (Phi) is 2.85. The molecule has 0 amide bonds. The van der Waals surface area contributed by atoms with Gasteiger partial charge < -0.3 is 4.74 Å². The van der Waals surface area contributed by atoms with Crippen molar-refractivity contribution in [1.82, 2.24) is 0 Å². The molecule has 0 saturated carbocycles. The van der Waals surface area contributed by atoms with Gasteiger partial charge in [-0.2, -0.15) is 0 Å². The van der Waals surface area contributed by atoms with E-state index in [1.807, 2.05) is 38.3 Å². The van der Waals surface area contributed by atoms with Crippen LogP contribution in [-0.2, 0) is 0 Å². The molecule has 0 aliphatic rings. The molecule has 0 atom stereocenters. The maximum absolute atomic E-state index is 5.47. The first-order chi connectivity index (χ1) is 5.50. The van der Waals surface area contributed by atoms with Gasteiger partial charge in [-0.1, -0.05) is 20.8 Å². The Bertz CT molecular complexity index is 257. The van der Waals surface area contributed by atoms with Crippen LogP contribution in [0, 0.1) is 5.41 Å². The summed E-state index contributed by atoms with van der Waals surface area (Å²) in [6.07, 6.45) is 0. The van der Waals surface area contributed by atoms with Gasteiger partial charge in [-0.25, -0.2) is 0 Å². The molecule has 0 aromatic carbocycles. The van der Waals surface area contributed by atoms with Gasteiger partial charge in [0, 0.05) is 5.41 Å². The molecule has 1 heterocycles. The van der Waals surface area contributed by atoms with Crippen LogP contribution in [0.25, 0.3) is 0 Å².